The average molecular weight is 413 g/mol. The Balaban J connectivity index is 3.32. The lowest BCUT2D eigenvalue weighted by Crippen LogP contribution is -2.72. The number of hydrogen-bond donors (Lipinski definition) is 7. The van der Waals surface area contributed by atoms with Gasteiger partial charge in [0.1, 0.15) is 24.2 Å². The monoisotopic (exact) mass is 411 g/mol. The van der Waals surface area contributed by atoms with Crippen LogP contribution in [0.2, 0.25) is 0 Å². The van der Waals surface area contributed by atoms with Crippen molar-refractivity contribution in [2.45, 2.75) is 40.0 Å². The maximum Gasteiger partial charge on any atom is 0.365 e. The van der Waals surface area contributed by atoms with Gasteiger partial charge in [-0.25, -0.2) is 4.79 Å². The second-order valence-corrected chi connectivity index (χ2v) is 7.51. The Kier molecular flexibility index (Phi) is 6.84. The molecule has 0 aromatic carbocycles. The number of aliphatic hydroxyl groups is 5. The number of ether oxygens (including phenoxy) is 1. The first kappa shape index (κ1) is 21.8. The molecule has 1 saturated heterocycles. The van der Waals surface area contributed by atoms with Gasteiger partial charge in [-0.3, -0.25) is 4.79 Å². The summed E-state index contributed by atoms with van der Waals surface area (Å²) in [6.07, 6.45) is -7.79. The summed E-state index contributed by atoms with van der Waals surface area (Å²) < 4.78 is 2.08. The minimum absolute atomic E-state index is 0.953. The van der Waals surface area contributed by atoms with Crippen molar-refractivity contribution in [2.75, 3.05) is 6.61 Å². The minimum Gasteiger partial charge on any atom is -0.477 e. The van der Waals surface area contributed by atoms with Crippen molar-refractivity contribution in [2.24, 2.45) is 11.7 Å². The summed E-state index contributed by atoms with van der Waals surface area (Å²) in [7, 11) is 0. The number of Topliss-reactive ketones (excluding diaryl/α,β-unsaturated/α-hetero) is 1. The SMILES string of the molecule is N[C@H]1[C@H]([C@H](O)[C@H](O)CO)OC(O)(C(=O)O)C(C(=O)C(Cl)(Cl)Cl)[C@@H]1O. The zero-order valence-corrected chi connectivity index (χ0v) is 14.1. The van der Waals surface area contributed by atoms with Crippen LogP contribution in [0, 0.1) is 5.92 Å². The normalized spacial score (nSPS) is 36.9. The number of ketones is 1. The van der Waals surface area contributed by atoms with Gasteiger partial charge in [0, 0.05) is 0 Å². The van der Waals surface area contributed by atoms with Crippen LogP contribution in [0.1, 0.15) is 0 Å². The van der Waals surface area contributed by atoms with Crippen LogP contribution < -0.4 is 5.73 Å². The second kappa shape index (κ2) is 7.54. The Morgan fingerprint density at radius 1 is 1.29 bits per heavy atom. The molecular weight excluding hydrogens is 396 g/mol. The van der Waals surface area contributed by atoms with Crippen molar-refractivity contribution >= 4 is 46.6 Å². The van der Waals surface area contributed by atoms with Crippen LogP contribution in [0.25, 0.3) is 0 Å². The molecule has 0 aromatic rings. The van der Waals surface area contributed by atoms with Gasteiger partial charge in [-0.15, -0.1) is 0 Å². The van der Waals surface area contributed by atoms with Gasteiger partial charge >= 0.3 is 5.97 Å². The molecular formula is C11H16Cl3NO9. The predicted molar refractivity (Wildman–Crippen MR) is 79.3 cm³/mol. The van der Waals surface area contributed by atoms with Gasteiger partial charge in [0.15, 0.2) is 5.78 Å². The van der Waals surface area contributed by atoms with Crippen molar-refractivity contribution in [3.8, 4) is 0 Å². The molecule has 7 atom stereocenters. The Morgan fingerprint density at radius 3 is 2.17 bits per heavy atom. The average Bonchev–Trinajstić information content (AvgIpc) is 2.48. The van der Waals surface area contributed by atoms with Crippen LogP contribution in [-0.4, -0.2) is 89.0 Å². The summed E-state index contributed by atoms with van der Waals surface area (Å²) in [6, 6.07) is -1.66. The maximum absolute atomic E-state index is 12.1. The molecule has 0 saturated carbocycles. The molecule has 1 heterocycles. The molecule has 1 aliphatic rings. The molecule has 1 aliphatic heterocycles. The molecule has 0 amide bonds. The fourth-order valence-corrected chi connectivity index (χ4v) is 2.68. The number of rotatable bonds is 5. The zero-order valence-electron chi connectivity index (χ0n) is 11.8. The molecule has 1 fully saturated rings. The van der Waals surface area contributed by atoms with E-state index in [1.807, 2.05) is 0 Å². The first-order valence-electron chi connectivity index (χ1n) is 6.44. The number of hydrogen-bond acceptors (Lipinski definition) is 9. The lowest BCUT2D eigenvalue weighted by molar-refractivity contribution is -0.311. The Hall–Kier alpha value is -0.270. The Morgan fingerprint density at radius 2 is 1.79 bits per heavy atom. The molecule has 0 radical (unpaired) electrons. The van der Waals surface area contributed by atoms with Crippen molar-refractivity contribution in [1.29, 1.82) is 0 Å². The number of aliphatic carboxylic acids is 1. The molecule has 8 N–H and O–H groups in total. The number of carbonyl (C=O) groups is 2. The van der Waals surface area contributed by atoms with Gasteiger partial charge in [0.25, 0.3) is 5.79 Å². The second-order valence-electron chi connectivity index (χ2n) is 5.23. The van der Waals surface area contributed by atoms with Crippen LogP contribution >= 0.6 is 34.8 Å². The zero-order chi connectivity index (χ0) is 19.0. The highest BCUT2D eigenvalue weighted by Crippen LogP contribution is 2.41. The molecule has 0 bridgehead atoms. The molecule has 1 rings (SSSR count). The van der Waals surface area contributed by atoms with Crippen LogP contribution in [0.15, 0.2) is 0 Å². The highest BCUT2D eigenvalue weighted by atomic mass is 35.6. The quantitative estimate of drug-likeness (QED) is 0.231. The standard InChI is InChI=1S/C11H16Cl3NO9/c12-11(13,14)8(20)3-6(19)4(15)7(5(18)2(17)1-16)24-10(3,23)9(21)22/h2-7,16-19,23H,1,15H2,(H,21,22)/t2-,3?,4-,5-,6+,7-,10?/m1/s1. The van der Waals surface area contributed by atoms with Gasteiger partial charge in [-0.1, -0.05) is 34.8 Å². The van der Waals surface area contributed by atoms with E-state index < -0.39 is 64.3 Å². The van der Waals surface area contributed by atoms with E-state index in [1.165, 1.54) is 0 Å². The van der Waals surface area contributed by atoms with Crippen molar-refractivity contribution in [1.82, 2.24) is 0 Å². The fraction of sp³-hybridized carbons (Fsp3) is 0.818. The first-order chi connectivity index (χ1) is 10.8. The van der Waals surface area contributed by atoms with E-state index in [-0.39, 0.29) is 0 Å². The summed E-state index contributed by atoms with van der Waals surface area (Å²) in [4.78, 5) is 23.5. The van der Waals surface area contributed by atoms with Crippen LogP contribution in [0.5, 0.6) is 0 Å². The number of aliphatic hydroxyl groups excluding tert-OH is 4. The van der Waals surface area contributed by atoms with E-state index in [9.17, 15) is 35.1 Å². The van der Waals surface area contributed by atoms with Gasteiger partial charge in [0.2, 0.25) is 3.79 Å². The molecule has 13 heteroatoms. The summed E-state index contributed by atoms with van der Waals surface area (Å²) in [6.45, 7) is -0.953. The lowest BCUT2D eigenvalue weighted by Gasteiger charge is -2.47. The van der Waals surface area contributed by atoms with Crippen molar-refractivity contribution < 1.29 is 45.0 Å². The largest absolute Gasteiger partial charge is 0.477 e. The van der Waals surface area contributed by atoms with Gasteiger partial charge in [-0.2, -0.15) is 0 Å². The van der Waals surface area contributed by atoms with E-state index in [0.29, 0.717) is 0 Å². The highest BCUT2D eigenvalue weighted by Gasteiger charge is 2.64. The number of halogens is 3. The van der Waals surface area contributed by atoms with E-state index in [4.69, 9.17) is 50.4 Å². The maximum atomic E-state index is 12.1. The van der Waals surface area contributed by atoms with E-state index in [0.717, 1.165) is 0 Å². The van der Waals surface area contributed by atoms with Gasteiger partial charge in [0.05, 0.1) is 18.8 Å². The number of carboxylic acids is 1. The minimum atomic E-state index is -3.41. The van der Waals surface area contributed by atoms with Gasteiger partial charge < -0.3 is 41.1 Å². The van der Waals surface area contributed by atoms with Crippen molar-refractivity contribution in [3.05, 3.63) is 0 Å². The Labute approximate surface area is 150 Å². The third-order valence-corrected chi connectivity index (χ3v) is 4.20. The van der Waals surface area contributed by atoms with E-state index >= 15 is 0 Å². The summed E-state index contributed by atoms with van der Waals surface area (Å²) in [5.41, 5.74) is 5.60. The van der Waals surface area contributed by atoms with Crippen molar-refractivity contribution in [3.63, 3.8) is 0 Å². The fourth-order valence-electron chi connectivity index (χ4n) is 2.32. The Bertz CT molecular complexity index is 502. The molecule has 0 spiro atoms. The van der Waals surface area contributed by atoms with E-state index in [2.05, 4.69) is 0 Å². The summed E-state index contributed by atoms with van der Waals surface area (Å²) >= 11 is 16.1. The molecule has 2 unspecified atom stereocenters. The van der Waals surface area contributed by atoms with E-state index in [1.54, 1.807) is 0 Å². The number of alkyl halides is 3. The van der Waals surface area contributed by atoms with Crippen LogP contribution in [0.3, 0.4) is 0 Å². The first-order valence-corrected chi connectivity index (χ1v) is 7.57. The molecule has 0 aliphatic carbocycles. The van der Waals surface area contributed by atoms with Crippen LogP contribution in [0.4, 0.5) is 0 Å². The third-order valence-electron chi connectivity index (χ3n) is 3.64. The lowest BCUT2D eigenvalue weighted by atomic mass is 9.79. The topological polar surface area (TPSA) is 191 Å². The number of nitrogens with two attached hydrogens (primary N) is 1. The molecule has 140 valence electrons. The van der Waals surface area contributed by atoms with Gasteiger partial charge in [-0.05, 0) is 0 Å². The molecule has 0 aromatic heterocycles. The number of carboxylic acid groups (broad SMARTS) is 1. The molecule has 24 heavy (non-hydrogen) atoms. The van der Waals surface area contributed by atoms with Crippen LogP contribution in [-0.2, 0) is 14.3 Å². The predicted octanol–water partition coefficient (Wildman–Crippen LogP) is -2.88. The summed E-state index contributed by atoms with van der Waals surface area (Å²) in [5, 5.41) is 57.6. The summed E-state index contributed by atoms with van der Waals surface area (Å²) in [5.74, 6) is -9.34. The number of carbonyl (C=O) groups excluding carboxylic acids is 1. The molecule has 10 nitrogen and oxygen atoms in total. The smallest absolute Gasteiger partial charge is 0.365 e. The third kappa shape index (κ3) is 3.93. The highest BCUT2D eigenvalue weighted by molar-refractivity contribution is 6.76.